The van der Waals surface area contributed by atoms with Gasteiger partial charge in [0.2, 0.25) is 5.91 Å². The Morgan fingerprint density at radius 1 is 1.13 bits per heavy atom. The van der Waals surface area contributed by atoms with Gasteiger partial charge in [-0.05, 0) is 6.92 Å². The number of aryl methyl sites for hydroxylation is 1. The van der Waals surface area contributed by atoms with E-state index in [4.69, 9.17) is 0 Å². The van der Waals surface area contributed by atoms with Gasteiger partial charge in [-0.15, -0.1) is 0 Å². The van der Waals surface area contributed by atoms with Crippen LogP contribution in [-0.4, -0.2) is 25.4 Å². The van der Waals surface area contributed by atoms with Crippen molar-refractivity contribution in [1.82, 2.24) is 24.8 Å². The number of benzene rings is 1. The Balaban J connectivity index is 1.63. The molecule has 0 saturated heterocycles. The maximum Gasteiger partial charge on any atom is 0.240 e. The fraction of sp³-hybridized carbons (Fsp3) is 0.176. The van der Waals surface area contributed by atoms with E-state index in [1.807, 2.05) is 41.8 Å². The van der Waals surface area contributed by atoms with Crippen LogP contribution in [0.25, 0.3) is 11.4 Å². The lowest BCUT2D eigenvalue weighted by Gasteiger charge is -2.09. The van der Waals surface area contributed by atoms with Crippen molar-refractivity contribution in [3.8, 4) is 11.4 Å². The number of rotatable bonds is 5. The molecule has 0 aliphatic heterocycles. The number of carbonyl (C=O) groups excluding carboxylic acids is 1. The fourth-order valence-corrected chi connectivity index (χ4v) is 2.19. The van der Waals surface area contributed by atoms with E-state index in [2.05, 4.69) is 20.3 Å². The van der Waals surface area contributed by atoms with Crippen molar-refractivity contribution in [1.29, 1.82) is 0 Å². The first-order chi connectivity index (χ1) is 11.2. The molecule has 0 saturated carbocycles. The van der Waals surface area contributed by atoms with Crippen LogP contribution >= 0.6 is 0 Å². The van der Waals surface area contributed by atoms with Crippen LogP contribution in [0.2, 0.25) is 0 Å². The second-order valence-electron chi connectivity index (χ2n) is 5.17. The van der Waals surface area contributed by atoms with Crippen molar-refractivity contribution in [2.75, 3.05) is 0 Å². The average molecular weight is 307 g/mol. The van der Waals surface area contributed by atoms with Gasteiger partial charge in [0.05, 0.1) is 24.1 Å². The van der Waals surface area contributed by atoms with Crippen LogP contribution in [-0.2, 0) is 17.9 Å². The highest BCUT2D eigenvalue weighted by Gasteiger charge is 2.09. The predicted octanol–water partition coefficient (Wildman–Crippen LogP) is 1.96. The molecule has 0 fully saturated rings. The number of amides is 1. The van der Waals surface area contributed by atoms with Crippen LogP contribution < -0.4 is 5.32 Å². The molecular formula is C17H17N5O. The topological polar surface area (TPSA) is 72.7 Å². The number of imidazole rings is 1. The first kappa shape index (κ1) is 14.9. The second kappa shape index (κ2) is 6.83. The van der Waals surface area contributed by atoms with Gasteiger partial charge in [-0.2, -0.15) is 0 Å². The van der Waals surface area contributed by atoms with Gasteiger partial charge in [0, 0.05) is 24.2 Å². The molecule has 3 aromatic rings. The normalized spacial score (nSPS) is 10.5. The van der Waals surface area contributed by atoms with Gasteiger partial charge >= 0.3 is 0 Å². The minimum absolute atomic E-state index is 0.0949. The molecule has 0 atom stereocenters. The molecule has 0 radical (unpaired) electrons. The molecule has 1 aromatic carbocycles. The standard InChI is InChI=1S/C17H17N5O/c1-13-9-20-15(10-19-13)11-21-16(23)12-22-8-7-18-17(22)14-5-3-2-4-6-14/h2-10H,11-12H2,1H3,(H,21,23). The minimum Gasteiger partial charge on any atom is -0.349 e. The van der Waals surface area contributed by atoms with E-state index >= 15 is 0 Å². The highest BCUT2D eigenvalue weighted by molar-refractivity contribution is 5.76. The molecule has 0 unspecified atom stereocenters. The summed E-state index contributed by atoms with van der Waals surface area (Å²) in [5, 5.41) is 2.85. The van der Waals surface area contributed by atoms with E-state index in [-0.39, 0.29) is 12.5 Å². The summed E-state index contributed by atoms with van der Waals surface area (Å²) in [7, 11) is 0. The average Bonchev–Trinajstić information content (AvgIpc) is 3.03. The van der Waals surface area contributed by atoms with Crippen LogP contribution in [0.4, 0.5) is 0 Å². The number of nitrogens with one attached hydrogen (secondary N) is 1. The summed E-state index contributed by atoms with van der Waals surface area (Å²) in [6.07, 6.45) is 6.85. The molecule has 116 valence electrons. The molecule has 6 heteroatoms. The Morgan fingerprint density at radius 2 is 1.96 bits per heavy atom. The smallest absolute Gasteiger partial charge is 0.240 e. The summed E-state index contributed by atoms with van der Waals surface area (Å²) in [4.78, 5) is 24.8. The van der Waals surface area contributed by atoms with E-state index in [9.17, 15) is 4.79 Å². The molecule has 1 amide bonds. The Morgan fingerprint density at radius 3 is 2.70 bits per heavy atom. The lowest BCUT2D eigenvalue weighted by molar-refractivity contribution is -0.121. The maximum absolute atomic E-state index is 12.1. The van der Waals surface area contributed by atoms with Crippen molar-refractivity contribution < 1.29 is 4.79 Å². The Kier molecular flexibility index (Phi) is 4.42. The zero-order valence-electron chi connectivity index (χ0n) is 12.8. The Labute approximate surface area is 134 Å². The third kappa shape index (κ3) is 3.79. The molecule has 2 heterocycles. The number of nitrogens with zero attached hydrogens (tertiary/aromatic N) is 4. The zero-order chi connectivity index (χ0) is 16.1. The van der Waals surface area contributed by atoms with Crippen LogP contribution in [0, 0.1) is 6.92 Å². The molecule has 0 spiro atoms. The van der Waals surface area contributed by atoms with E-state index in [0.29, 0.717) is 6.54 Å². The third-order valence-corrected chi connectivity index (χ3v) is 3.36. The van der Waals surface area contributed by atoms with Crippen molar-refractivity contribution in [2.24, 2.45) is 0 Å². The molecule has 1 N–H and O–H groups in total. The maximum atomic E-state index is 12.1. The quantitative estimate of drug-likeness (QED) is 0.782. The molecule has 2 aromatic heterocycles. The van der Waals surface area contributed by atoms with Gasteiger partial charge < -0.3 is 9.88 Å². The van der Waals surface area contributed by atoms with Crippen LogP contribution in [0.3, 0.4) is 0 Å². The summed E-state index contributed by atoms with van der Waals surface area (Å²) < 4.78 is 1.82. The Bertz CT molecular complexity index is 780. The van der Waals surface area contributed by atoms with E-state index < -0.39 is 0 Å². The van der Waals surface area contributed by atoms with Crippen molar-refractivity contribution in [2.45, 2.75) is 20.0 Å². The van der Waals surface area contributed by atoms with Crippen molar-refractivity contribution in [3.05, 3.63) is 66.5 Å². The Hall–Kier alpha value is -3.02. The second-order valence-corrected chi connectivity index (χ2v) is 5.17. The van der Waals surface area contributed by atoms with Gasteiger partial charge in [-0.1, -0.05) is 30.3 Å². The monoisotopic (exact) mass is 307 g/mol. The highest BCUT2D eigenvalue weighted by atomic mass is 16.1. The van der Waals surface area contributed by atoms with Gasteiger partial charge in [0.25, 0.3) is 0 Å². The molecule has 3 rings (SSSR count). The lowest BCUT2D eigenvalue weighted by atomic mass is 10.2. The molecular weight excluding hydrogens is 290 g/mol. The van der Waals surface area contributed by atoms with E-state index in [1.54, 1.807) is 24.8 Å². The van der Waals surface area contributed by atoms with Crippen molar-refractivity contribution in [3.63, 3.8) is 0 Å². The van der Waals surface area contributed by atoms with Gasteiger partial charge in [-0.25, -0.2) is 4.98 Å². The summed E-state index contributed by atoms with van der Waals surface area (Å²) in [5.74, 6) is 0.679. The van der Waals surface area contributed by atoms with Crippen LogP contribution in [0.1, 0.15) is 11.4 Å². The summed E-state index contributed by atoms with van der Waals surface area (Å²) in [6.45, 7) is 2.45. The number of hydrogen-bond donors (Lipinski definition) is 1. The van der Waals surface area contributed by atoms with Crippen molar-refractivity contribution >= 4 is 5.91 Å². The molecule has 0 bridgehead atoms. The molecule has 6 nitrogen and oxygen atoms in total. The molecule has 23 heavy (non-hydrogen) atoms. The van der Waals surface area contributed by atoms with Gasteiger partial charge in [-0.3, -0.25) is 14.8 Å². The minimum atomic E-state index is -0.0949. The third-order valence-electron chi connectivity index (χ3n) is 3.36. The van der Waals surface area contributed by atoms with Crippen LogP contribution in [0.15, 0.2) is 55.1 Å². The first-order valence-corrected chi connectivity index (χ1v) is 7.33. The van der Waals surface area contributed by atoms with E-state index in [1.165, 1.54) is 0 Å². The lowest BCUT2D eigenvalue weighted by Crippen LogP contribution is -2.27. The fourth-order valence-electron chi connectivity index (χ4n) is 2.19. The number of hydrogen-bond acceptors (Lipinski definition) is 4. The predicted molar refractivity (Wildman–Crippen MR) is 86.3 cm³/mol. The highest BCUT2D eigenvalue weighted by Crippen LogP contribution is 2.16. The number of carbonyl (C=O) groups is 1. The zero-order valence-corrected chi connectivity index (χ0v) is 12.8. The first-order valence-electron chi connectivity index (χ1n) is 7.33. The van der Waals surface area contributed by atoms with Gasteiger partial charge in [0.1, 0.15) is 12.4 Å². The molecule has 0 aliphatic rings. The van der Waals surface area contributed by atoms with Crippen LogP contribution in [0.5, 0.6) is 0 Å². The SMILES string of the molecule is Cc1cnc(CNC(=O)Cn2ccnc2-c2ccccc2)cn1. The summed E-state index contributed by atoms with van der Waals surface area (Å²) in [6, 6.07) is 9.79. The van der Waals surface area contributed by atoms with Gasteiger partial charge in [0.15, 0.2) is 0 Å². The number of aromatic nitrogens is 4. The summed E-state index contributed by atoms with van der Waals surface area (Å²) >= 11 is 0. The summed E-state index contributed by atoms with van der Waals surface area (Å²) in [5.41, 5.74) is 2.57. The molecule has 0 aliphatic carbocycles. The largest absolute Gasteiger partial charge is 0.349 e. The van der Waals surface area contributed by atoms with E-state index in [0.717, 1.165) is 22.8 Å².